The molecule has 1 fully saturated rings. The van der Waals surface area contributed by atoms with Crippen LogP contribution in [0.1, 0.15) is 44.3 Å². The summed E-state index contributed by atoms with van der Waals surface area (Å²) in [6, 6.07) is 9.29. The van der Waals surface area contributed by atoms with E-state index in [9.17, 15) is 0 Å². The SMILES string of the molecule is CCNC(C)c1ccccc1Sc1nnnn1C1CC1. The molecule has 1 N–H and O–H groups in total. The lowest BCUT2D eigenvalue weighted by atomic mass is 10.1. The van der Waals surface area contributed by atoms with Gasteiger partial charge < -0.3 is 5.32 Å². The molecule has 20 heavy (non-hydrogen) atoms. The first kappa shape index (κ1) is 13.6. The van der Waals surface area contributed by atoms with E-state index in [-0.39, 0.29) is 0 Å². The summed E-state index contributed by atoms with van der Waals surface area (Å²) in [5, 5.41) is 16.4. The van der Waals surface area contributed by atoms with Crippen LogP contribution in [0.15, 0.2) is 34.3 Å². The zero-order chi connectivity index (χ0) is 13.9. The van der Waals surface area contributed by atoms with Gasteiger partial charge in [-0.25, -0.2) is 4.68 Å². The highest BCUT2D eigenvalue weighted by atomic mass is 32.2. The lowest BCUT2D eigenvalue weighted by molar-refractivity contribution is 0.564. The third-order valence-electron chi connectivity index (χ3n) is 3.45. The summed E-state index contributed by atoms with van der Waals surface area (Å²) in [7, 11) is 0. The minimum Gasteiger partial charge on any atom is -0.310 e. The van der Waals surface area contributed by atoms with Crippen molar-refractivity contribution in [1.82, 2.24) is 25.5 Å². The second-order valence-electron chi connectivity index (χ2n) is 5.06. The van der Waals surface area contributed by atoms with Crippen molar-refractivity contribution < 1.29 is 0 Å². The maximum Gasteiger partial charge on any atom is 0.214 e. The molecule has 0 bridgehead atoms. The number of benzene rings is 1. The Kier molecular flexibility index (Phi) is 4.03. The van der Waals surface area contributed by atoms with Crippen LogP contribution in [0, 0.1) is 0 Å². The Morgan fingerprint density at radius 1 is 1.40 bits per heavy atom. The fraction of sp³-hybridized carbons (Fsp3) is 0.500. The van der Waals surface area contributed by atoms with E-state index in [0.717, 1.165) is 11.7 Å². The quantitative estimate of drug-likeness (QED) is 0.886. The van der Waals surface area contributed by atoms with Crippen molar-refractivity contribution in [1.29, 1.82) is 0 Å². The third kappa shape index (κ3) is 2.86. The van der Waals surface area contributed by atoms with Gasteiger partial charge in [0.15, 0.2) is 0 Å². The average Bonchev–Trinajstić information content (AvgIpc) is 3.20. The molecule has 1 aromatic carbocycles. The molecule has 3 rings (SSSR count). The number of nitrogens with one attached hydrogen (secondary N) is 1. The smallest absolute Gasteiger partial charge is 0.214 e. The lowest BCUT2D eigenvalue weighted by Gasteiger charge is -2.16. The van der Waals surface area contributed by atoms with Crippen LogP contribution in [-0.4, -0.2) is 26.8 Å². The van der Waals surface area contributed by atoms with Crippen molar-refractivity contribution in [2.24, 2.45) is 0 Å². The minimum absolute atomic E-state index is 0.328. The second-order valence-corrected chi connectivity index (χ2v) is 6.07. The monoisotopic (exact) mass is 289 g/mol. The first-order chi connectivity index (χ1) is 9.79. The molecule has 0 amide bonds. The average molecular weight is 289 g/mol. The standard InChI is InChI=1S/C14H19N5S/c1-3-15-10(2)12-6-4-5-7-13(12)20-14-16-17-18-19(14)11-8-9-11/h4-7,10-11,15H,3,8-9H2,1-2H3. The molecule has 0 saturated heterocycles. The van der Waals surface area contributed by atoms with E-state index in [1.54, 1.807) is 11.8 Å². The third-order valence-corrected chi connectivity index (χ3v) is 4.50. The number of hydrogen-bond donors (Lipinski definition) is 1. The molecule has 0 aliphatic heterocycles. The highest BCUT2D eigenvalue weighted by Crippen LogP contribution is 2.39. The highest BCUT2D eigenvalue weighted by molar-refractivity contribution is 7.99. The summed E-state index contributed by atoms with van der Waals surface area (Å²) in [5.74, 6) is 0. The molecular weight excluding hydrogens is 270 g/mol. The summed E-state index contributed by atoms with van der Waals surface area (Å²) < 4.78 is 1.96. The van der Waals surface area contributed by atoms with Crippen LogP contribution >= 0.6 is 11.8 Å². The Balaban J connectivity index is 1.84. The topological polar surface area (TPSA) is 55.6 Å². The fourth-order valence-electron chi connectivity index (χ4n) is 2.25. The van der Waals surface area contributed by atoms with Crippen molar-refractivity contribution >= 4 is 11.8 Å². The zero-order valence-corrected chi connectivity index (χ0v) is 12.6. The van der Waals surface area contributed by atoms with E-state index in [2.05, 4.69) is 59.0 Å². The van der Waals surface area contributed by atoms with Crippen LogP contribution in [-0.2, 0) is 0 Å². The van der Waals surface area contributed by atoms with E-state index < -0.39 is 0 Å². The molecule has 1 unspecified atom stereocenters. The van der Waals surface area contributed by atoms with Gasteiger partial charge in [0.05, 0.1) is 6.04 Å². The van der Waals surface area contributed by atoms with Gasteiger partial charge in [-0.05, 0) is 60.1 Å². The van der Waals surface area contributed by atoms with E-state index >= 15 is 0 Å². The fourth-order valence-corrected chi connectivity index (χ4v) is 3.31. The molecule has 1 aromatic heterocycles. The van der Waals surface area contributed by atoms with Crippen molar-refractivity contribution in [3.8, 4) is 0 Å². The Hall–Kier alpha value is -1.40. The van der Waals surface area contributed by atoms with Crippen LogP contribution in [0.2, 0.25) is 0 Å². The summed E-state index contributed by atoms with van der Waals surface area (Å²) in [4.78, 5) is 1.22. The van der Waals surface area contributed by atoms with E-state index in [1.807, 2.05) is 4.68 Å². The molecule has 0 spiro atoms. The van der Waals surface area contributed by atoms with E-state index in [1.165, 1.54) is 23.3 Å². The van der Waals surface area contributed by atoms with Crippen LogP contribution < -0.4 is 5.32 Å². The Labute approximate surface area is 123 Å². The van der Waals surface area contributed by atoms with Crippen molar-refractivity contribution in [2.75, 3.05) is 6.54 Å². The highest BCUT2D eigenvalue weighted by Gasteiger charge is 2.28. The van der Waals surface area contributed by atoms with Crippen molar-refractivity contribution in [3.63, 3.8) is 0 Å². The van der Waals surface area contributed by atoms with Gasteiger partial charge >= 0.3 is 0 Å². The van der Waals surface area contributed by atoms with Crippen LogP contribution in [0.3, 0.4) is 0 Å². The molecular formula is C14H19N5S. The Bertz CT molecular complexity index is 578. The molecule has 5 nitrogen and oxygen atoms in total. The summed E-state index contributed by atoms with van der Waals surface area (Å²) in [6.45, 7) is 5.27. The van der Waals surface area contributed by atoms with Gasteiger partial charge in [-0.15, -0.1) is 5.10 Å². The first-order valence-corrected chi connectivity index (χ1v) is 7.89. The first-order valence-electron chi connectivity index (χ1n) is 7.07. The molecule has 1 saturated carbocycles. The maximum atomic E-state index is 4.16. The molecule has 1 atom stereocenters. The number of hydrogen-bond acceptors (Lipinski definition) is 5. The normalized spacial score (nSPS) is 16.3. The number of tetrazole rings is 1. The van der Waals surface area contributed by atoms with Gasteiger partial charge in [0, 0.05) is 10.9 Å². The van der Waals surface area contributed by atoms with Crippen molar-refractivity contribution in [3.05, 3.63) is 29.8 Å². The van der Waals surface area contributed by atoms with Crippen LogP contribution in [0.5, 0.6) is 0 Å². The number of rotatable bonds is 6. The second kappa shape index (κ2) is 5.93. The molecule has 106 valence electrons. The Morgan fingerprint density at radius 3 is 2.95 bits per heavy atom. The number of aromatic nitrogens is 4. The number of nitrogens with zero attached hydrogens (tertiary/aromatic N) is 4. The van der Waals surface area contributed by atoms with E-state index in [4.69, 9.17) is 0 Å². The van der Waals surface area contributed by atoms with Gasteiger partial charge in [-0.3, -0.25) is 0 Å². The van der Waals surface area contributed by atoms with Gasteiger partial charge in [-0.1, -0.05) is 25.1 Å². The molecule has 2 aromatic rings. The Morgan fingerprint density at radius 2 is 2.20 bits per heavy atom. The lowest BCUT2D eigenvalue weighted by Crippen LogP contribution is -2.18. The summed E-state index contributed by atoms with van der Waals surface area (Å²) in [6.07, 6.45) is 2.38. The molecule has 1 aliphatic carbocycles. The molecule has 6 heteroatoms. The van der Waals surface area contributed by atoms with Crippen LogP contribution in [0.25, 0.3) is 0 Å². The van der Waals surface area contributed by atoms with Gasteiger partial charge in [0.2, 0.25) is 5.16 Å². The van der Waals surface area contributed by atoms with Gasteiger partial charge in [0.25, 0.3) is 0 Å². The predicted molar refractivity (Wildman–Crippen MR) is 78.7 cm³/mol. The molecule has 1 heterocycles. The minimum atomic E-state index is 0.328. The largest absolute Gasteiger partial charge is 0.310 e. The maximum absolute atomic E-state index is 4.16. The van der Waals surface area contributed by atoms with E-state index in [0.29, 0.717) is 12.1 Å². The predicted octanol–water partition coefficient (Wildman–Crippen LogP) is 2.83. The molecule has 0 radical (unpaired) electrons. The van der Waals surface area contributed by atoms with Crippen molar-refractivity contribution in [2.45, 2.75) is 48.8 Å². The van der Waals surface area contributed by atoms with Gasteiger partial charge in [0.1, 0.15) is 0 Å². The summed E-state index contributed by atoms with van der Waals surface area (Å²) in [5.41, 5.74) is 1.30. The zero-order valence-electron chi connectivity index (χ0n) is 11.8. The molecule has 1 aliphatic rings. The summed E-state index contributed by atoms with van der Waals surface area (Å²) >= 11 is 1.66. The van der Waals surface area contributed by atoms with Gasteiger partial charge in [-0.2, -0.15) is 0 Å². The van der Waals surface area contributed by atoms with Crippen LogP contribution in [0.4, 0.5) is 0 Å².